The standard InChI is InChI=1S/C17H26/c1-13-10-15(14-8-6-5-7-9-14)12-16(11-13)17(2,3)4/h10-12,14H,5-9H2,1-4H3. The number of hydrogen-bond donors (Lipinski definition) is 0. The van der Waals surface area contributed by atoms with E-state index in [1.165, 1.54) is 43.2 Å². The van der Waals surface area contributed by atoms with Crippen LogP contribution in [-0.2, 0) is 5.41 Å². The van der Waals surface area contributed by atoms with Gasteiger partial charge < -0.3 is 0 Å². The first kappa shape index (κ1) is 12.7. The van der Waals surface area contributed by atoms with Crippen molar-refractivity contribution in [3.63, 3.8) is 0 Å². The largest absolute Gasteiger partial charge is 0.0561 e. The summed E-state index contributed by atoms with van der Waals surface area (Å²) < 4.78 is 0. The molecule has 0 amide bonds. The van der Waals surface area contributed by atoms with E-state index in [4.69, 9.17) is 0 Å². The number of benzene rings is 1. The summed E-state index contributed by atoms with van der Waals surface area (Å²) in [5, 5.41) is 0. The Morgan fingerprint density at radius 2 is 1.59 bits per heavy atom. The van der Waals surface area contributed by atoms with E-state index in [2.05, 4.69) is 45.9 Å². The van der Waals surface area contributed by atoms with Gasteiger partial charge in [-0.3, -0.25) is 0 Å². The lowest BCUT2D eigenvalue weighted by Gasteiger charge is -2.26. The molecule has 0 saturated heterocycles. The Labute approximate surface area is 106 Å². The lowest BCUT2D eigenvalue weighted by Crippen LogP contribution is -2.13. The average molecular weight is 230 g/mol. The fraction of sp³-hybridized carbons (Fsp3) is 0.647. The van der Waals surface area contributed by atoms with E-state index >= 15 is 0 Å². The average Bonchev–Trinajstić information content (AvgIpc) is 2.28. The lowest BCUT2D eigenvalue weighted by atomic mass is 9.79. The molecule has 1 saturated carbocycles. The maximum absolute atomic E-state index is 2.46. The normalized spacial score (nSPS) is 18.4. The molecule has 0 bridgehead atoms. The summed E-state index contributed by atoms with van der Waals surface area (Å²) in [4.78, 5) is 0. The van der Waals surface area contributed by atoms with Crippen LogP contribution >= 0.6 is 0 Å². The van der Waals surface area contributed by atoms with Gasteiger partial charge in [-0.2, -0.15) is 0 Å². The highest BCUT2D eigenvalue weighted by molar-refractivity contribution is 5.35. The molecule has 1 aromatic carbocycles. The minimum atomic E-state index is 0.273. The van der Waals surface area contributed by atoms with Crippen LogP contribution in [0.4, 0.5) is 0 Å². The Morgan fingerprint density at radius 3 is 2.18 bits per heavy atom. The van der Waals surface area contributed by atoms with Crippen molar-refractivity contribution in [1.82, 2.24) is 0 Å². The van der Waals surface area contributed by atoms with E-state index in [0.29, 0.717) is 0 Å². The molecule has 17 heavy (non-hydrogen) atoms. The molecule has 0 radical (unpaired) electrons. The first-order valence-corrected chi connectivity index (χ1v) is 7.09. The van der Waals surface area contributed by atoms with E-state index in [9.17, 15) is 0 Å². The van der Waals surface area contributed by atoms with Crippen LogP contribution in [0.3, 0.4) is 0 Å². The molecule has 0 unspecified atom stereocenters. The van der Waals surface area contributed by atoms with Crippen molar-refractivity contribution in [2.24, 2.45) is 0 Å². The van der Waals surface area contributed by atoms with Crippen molar-refractivity contribution >= 4 is 0 Å². The lowest BCUT2D eigenvalue weighted by molar-refractivity contribution is 0.442. The Hall–Kier alpha value is -0.780. The predicted octanol–water partition coefficient (Wildman–Crippen LogP) is 5.34. The molecule has 0 atom stereocenters. The van der Waals surface area contributed by atoms with Crippen molar-refractivity contribution in [2.75, 3.05) is 0 Å². The van der Waals surface area contributed by atoms with Gasteiger partial charge in [-0.15, -0.1) is 0 Å². The molecule has 0 aromatic heterocycles. The first-order valence-electron chi connectivity index (χ1n) is 7.09. The number of aryl methyl sites for hydroxylation is 1. The Kier molecular flexibility index (Phi) is 3.61. The summed E-state index contributed by atoms with van der Waals surface area (Å²) in [5.74, 6) is 0.824. The van der Waals surface area contributed by atoms with Crippen LogP contribution < -0.4 is 0 Å². The van der Waals surface area contributed by atoms with Crippen LogP contribution in [0.25, 0.3) is 0 Å². The number of hydrogen-bond acceptors (Lipinski definition) is 0. The molecule has 0 heterocycles. The molecule has 1 aliphatic carbocycles. The van der Waals surface area contributed by atoms with Crippen molar-refractivity contribution in [3.05, 3.63) is 34.9 Å². The van der Waals surface area contributed by atoms with Gasteiger partial charge in [0.25, 0.3) is 0 Å². The molecular formula is C17H26. The zero-order chi connectivity index (χ0) is 12.5. The van der Waals surface area contributed by atoms with Crippen LogP contribution in [0.2, 0.25) is 0 Å². The van der Waals surface area contributed by atoms with Gasteiger partial charge in [-0.1, -0.05) is 63.8 Å². The smallest absolute Gasteiger partial charge is 0.0132 e. The molecule has 0 nitrogen and oxygen atoms in total. The van der Waals surface area contributed by atoms with Crippen LogP contribution in [0, 0.1) is 6.92 Å². The van der Waals surface area contributed by atoms with Gasteiger partial charge in [0.1, 0.15) is 0 Å². The van der Waals surface area contributed by atoms with Crippen molar-refractivity contribution in [3.8, 4) is 0 Å². The highest BCUT2D eigenvalue weighted by Gasteiger charge is 2.19. The summed E-state index contributed by atoms with van der Waals surface area (Å²) in [6.07, 6.45) is 7.07. The topological polar surface area (TPSA) is 0 Å². The Balaban J connectivity index is 2.31. The minimum Gasteiger partial charge on any atom is -0.0561 e. The third-order valence-electron chi connectivity index (χ3n) is 4.04. The van der Waals surface area contributed by atoms with E-state index in [-0.39, 0.29) is 5.41 Å². The van der Waals surface area contributed by atoms with Gasteiger partial charge in [-0.25, -0.2) is 0 Å². The summed E-state index contributed by atoms with van der Waals surface area (Å²) in [7, 11) is 0. The second-order valence-electron chi connectivity index (χ2n) is 6.72. The van der Waals surface area contributed by atoms with Crippen LogP contribution in [-0.4, -0.2) is 0 Å². The van der Waals surface area contributed by atoms with Gasteiger partial charge in [0, 0.05) is 0 Å². The van der Waals surface area contributed by atoms with Gasteiger partial charge in [-0.05, 0) is 42.2 Å². The van der Waals surface area contributed by atoms with Gasteiger partial charge in [0.05, 0.1) is 0 Å². The van der Waals surface area contributed by atoms with Gasteiger partial charge in [0.15, 0.2) is 0 Å². The second kappa shape index (κ2) is 4.84. The zero-order valence-corrected chi connectivity index (χ0v) is 11.8. The van der Waals surface area contributed by atoms with Crippen molar-refractivity contribution in [2.45, 2.75) is 71.1 Å². The SMILES string of the molecule is Cc1cc(C2CCCCC2)cc(C(C)(C)C)c1. The molecule has 1 fully saturated rings. The highest BCUT2D eigenvalue weighted by Crippen LogP contribution is 2.35. The van der Waals surface area contributed by atoms with Gasteiger partial charge in [0.2, 0.25) is 0 Å². The molecule has 0 N–H and O–H groups in total. The third kappa shape index (κ3) is 3.12. The Bertz CT molecular complexity index is 376. The molecule has 1 aromatic rings. The molecular weight excluding hydrogens is 204 g/mol. The van der Waals surface area contributed by atoms with Crippen molar-refractivity contribution < 1.29 is 0 Å². The summed E-state index contributed by atoms with van der Waals surface area (Å²) in [5.41, 5.74) is 4.79. The van der Waals surface area contributed by atoms with E-state index in [1.54, 1.807) is 5.56 Å². The third-order valence-corrected chi connectivity index (χ3v) is 4.04. The fourth-order valence-electron chi connectivity index (χ4n) is 2.92. The molecule has 2 rings (SSSR count). The predicted molar refractivity (Wildman–Crippen MR) is 75.7 cm³/mol. The highest BCUT2D eigenvalue weighted by atomic mass is 14.2. The quantitative estimate of drug-likeness (QED) is 0.611. The van der Waals surface area contributed by atoms with E-state index in [0.717, 1.165) is 5.92 Å². The first-order chi connectivity index (χ1) is 7.97. The molecule has 0 spiro atoms. The summed E-state index contributed by atoms with van der Waals surface area (Å²) >= 11 is 0. The molecule has 0 aliphatic heterocycles. The second-order valence-corrected chi connectivity index (χ2v) is 6.72. The minimum absolute atomic E-state index is 0.273. The van der Waals surface area contributed by atoms with E-state index in [1.807, 2.05) is 0 Å². The van der Waals surface area contributed by atoms with Gasteiger partial charge >= 0.3 is 0 Å². The Morgan fingerprint density at radius 1 is 0.941 bits per heavy atom. The maximum Gasteiger partial charge on any atom is -0.0132 e. The fourth-order valence-corrected chi connectivity index (χ4v) is 2.92. The molecule has 0 heteroatoms. The maximum atomic E-state index is 2.46. The number of rotatable bonds is 1. The van der Waals surface area contributed by atoms with Crippen LogP contribution in [0.5, 0.6) is 0 Å². The monoisotopic (exact) mass is 230 g/mol. The van der Waals surface area contributed by atoms with Crippen LogP contribution in [0.15, 0.2) is 18.2 Å². The summed E-state index contributed by atoms with van der Waals surface area (Å²) in [6, 6.07) is 7.22. The van der Waals surface area contributed by atoms with Crippen molar-refractivity contribution in [1.29, 1.82) is 0 Å². The van der Waals surface area contributed by atoms with Crippen LogP contribution in [0.1, 0.15) is 75.5 Å². The summed E-state index contributed by atoms with van der Waals surface area (Å²) in [6.45, 7) is 9.17. The van der Waals surface area contributed by atoms with E-state index < -0.39 is 0 Å². The molecule has 1 aliphatic rings. The molecule has 94 valence electrons. The zero-order valence-electron chi connectivity index (χ0n) is 11.8.